The number of hydrogen-bond acceptors (Lipinski definition) is 0. The molecule has 2 atom stereocenters. The fourth-order valence-corrected chi connectivity index (χ4v) is 2.17. The van der Waals surface area contributed by atoms with Gasteiger partial charge in [-0.15, -0.1) is 0 Å². The van der Waals surface area contributed by atoms with E-state index in [1.54, 1.807) is 60.7 Å². The maximum absolute atomic E-state index is 14.4. The van der Waals surface area contributed by atoms with Crippen molar-refractivity contribution in [3.05, 3.63) is 71.8 Å². The van der Waals surface area contributed by atoms with Crippen molar-refractivity contribution >= 4 is 15.9 Å². The topological polar surface area (TPSA) is 0 Å². The second-order valence-corrected chi connectivity index (χ2v) is 4.92. The highest BCUT2D eigenvalue weighted by atomic mass is 79.9. The Bertz CT molecular complexity index is 468. The van der Waals surface area contributed by atoms with Gasteiger partial charge in [-0.25, -0.2) is 8.78 Å². The number of alkyl halides is 3. The van der Waals surface area contributed by atoms with E-state index in [-0.39, 0.29) is 5.56 Å². The summed E-state index contributed by atoms with van der Waals surface area (Å²) in [5, 5.41) is 0. The van der Waals surface area contributed by atoms with Crippen molar-refractivity contribution in [2.24, 2.45) is 0 Å². The Labute approximate surface area is 107 Å². The molecule has 0 heterocycles. The molecular weight excluding hydrogens is 286 g/mol. The van der Waals surface area contributed by atoms with Gasteiger partial charge < -0.3 is 0 Å². The first kappa shape index (κ1) is 12.2. The Kier molecular flexibility index (Phi) is 3.57. The first-order valence-electron chi connectivity index (χ1n) is 5.24. The van der Waals surface area contributed by atoms with Crippen molar-refractivity contribution in [1.29, 1.82) is 0 Å². The average molecular weight is 297 g/mol. The third-order valence-corrected chi connectivity index (χ3v) is 3.43. The molecule has 0 bridgehead atoms. The van der Waals surface area contributed by atoms with Gasteiger partial charge in [0, 0.05) is 5.56 Å². The predicted octanol–water partition coefficient (Wildman–Crippen LogP) is 4.91. The van der Waals surface area contributed by atoms with Crippen LogP contribution < -0.4 is 0 Å². The van der Waals surface area contributed by atoms with Gasteiger partial charge in [-0.3, -0.25) is 0 Å². The lowest BCUT2D eigenvalue weighted by Gasteiger charge is -2.23. The molecule has 0 amide bonds. The van der Waals surface area contributed by atoms with Crippen LogP contribution in [0.25, 0.3) is 0 Å². The molecule has 0 unspecified atom stereocenters. The minimum absolute atomic E-state index is 0.274. The zero-order valence-electron chi connectivity index (χ0n) is 8.98. The molecule has 2 aromatic carbocycles. The molecule has 0 aromatic heterocycles. The van der Waals surface area contributed by atoms with Crippen LogP contribution in [0.2, 0.25) is 0 Å². The van der Waals surface area contributed by atoms with Crippen LogP contribution in [-0.4, -0.2) is 0 Å². The van der Waals surface area contributed by atoms with Crippen molar-refractivity contribution in [3.63, 3.8) is 0 Å². The summed E-state index contributed by atoms with van der Waals surface area (Å²) in [5.41, 5.74) is 0.590. The summed E-state index contributed by atoms with van der Waals surface area (Å²) in [7, 11) is 0. The average Bonchev–Trinajstić information content (AvgIpc) is 2.40. The van der Waals surface area contributed by atoms with Crippen LogP contribution >= 0.6 is 15.9 Å². The van der Waals surface area contributed by atoms with E-state index in [4.69, 9.17) is 0 Å². The van der Waals surface area contributed by atoms with Gasteiger partial charge in [0.1, 0.15) is 0 Å². The van der Waals surface area contributed by atoms with E-state index in [9.17, 15) is 8.78 Å². The van der Waals surface area contributed by atoms with Gasteiger partial charge in [0.25, 0.3) is 0 Å². The molecule has 0 aliphatic rings. The van der Waals surface area contributed by atoms with Gasteiger partial charge in [0.15, 0.2) is 6.17 Å². The molecule has 0 aliphatic heterocycles. The standard InChI is InChI=1S/C14H11BrF2/c15-14(17,12-9-5-2-6-10-12)13(16)11-7-3-1-4-8-11/h1-10,13H/t13-,14-/m0/s1. The molecule has 0 N–H and O–H groups in total. The molecule has 17 heavy (non-hydrogen) atoms. The van der Waals surface area contributed by atoms with E-state index in [2.05, 4.69) is 15.9 Å². The first-order valence-corrected chi connectivity index (χ1v) is 6.04. The SMILES string of the molecule is F[C@@H](c1ccccc1)[C@](F)(Br)c1ccccc1. The summed E-state index contributed by atoms with van der Waals surface area (Å²) in [6.45, 7) is 0. The second-order valence-electron chi connectivity index (χ2n) is 3.76. The van der Waals surface area contributed by atoms with Crippen LogP contribution in [0.15, 0.2) is 60.7 Å². The largest absolute Gasteiger partial charge is 0.237 e. The molecule has 0 fully saturated rings. The Morgan fingerprint density at radius 2 is 1.35 bits per heavy atom. The second kappa shape index (κ2) is 4.96. The zero-order valence-corrected chi connectivity index (χ0v) is 10.6. The zero-order chi connectivity index (χ0) is 12.3. The predicted molar refractivity (Wildman–Crippen MR) is 68.4 cm³/mol. The van der Waals surface area contributed by atoms with Crippen LogP contribution in [0, 0.1) is 0 Å². The highest BCUT2D eigenvalue weighted by molar-refractivity contribution is 9.09. The number of benzene rings is 2. The maximum Gasteiger partial charge on any atom is 0.225 e. The van der Waals surface area contributed by atoms with Gasteiger partial charge in [-0.05, 0) is 21.5 Å². The summed E-state index contributed by atoms with van der Waals surface area (Å²) in [5.74, 6) is 0. The monoisotopic (exact) mass is 296 g/mol. The summed E-state index contributed by atoms with van der Waals surface area (Å²) < 4.78 is 26.4. The van der Waals surface area contributed by atoms with Crippen molar-refractivity contribution in [1.82, 2.24) is 0 Å². The van der Waals surface area contributed by atoms with Crippen molar-refractivity contribution in [2.75, 3.05) is 0 Å². The van der Waals surface area contributed by atoms with Crippen molar-refractivity contribution < 1.29 is 8.78 Å². The fourth-order valence-electron chi connectivity index (χ4n) is 1.64. The number of hydrogen-bond donors (Lipinski definition) is 0. The van der Waals surface area contributed by atoms with E-state index < -0.39 is 10.7 Å². The fraction of sp³-hybridized carbons (Fsp3) is 0.143. The van der Waals surface area contributed by atoms with E-state index >= 15 is 0 Å². The van der Waals surface area contributed by atoms with Crippen LogP contribution in [0.1, 0.15) is 17.3 Å². The van der Waals surface area contributed by atoms with E-state index in [0.717, 1.165) is 0 Å². The van der Waals surface area contributed by atoms with E-state index in [1.165, 1.54) is 0 Å². The van der Waals surface area contributed by atoms with Gasteiger partial charge in [0.05, 0.1) is 0 Å². The molecule has 0 radical (unpaired) electrons. The molecule has 0 saturated carbocycles. The highest BCUT2D eigenvalue weighted by Gasteiger charge is 2.39. The Morgan fingerprint density at radius 1 is 0.882 bits per heavy atom. The quantitative estimate of drug-likeness (QED) is 0.706. The lowest BCUT2D eigenvalue weighted by molar-refractivity contribution is 0.143. The Balaban J connectivity index is 2.33. The van der Waals surface area contributed by atoms with Gasteiger partial charge in [0.2, 0.25) is 4.58 Å². The number of rotatable bonds is 3. The van der Waals surface area contributed by atoms with Gasteiger partial charge in [-0.1, -0.05) is 60.7 Å². The summed E-state index contributed by atoms with van der Waals surface area (Å²) in [6, 6.07) is 16.5. The molecule has 0 nitrogen and oxygen atoms in total. The third-order valence-electron chi connectivity index (χ3n) is 2.57. The summed E-state index contributed by atoms with van der Waals surface area (Å²) in [6.07, 6.45) is -1.74. The normalized spacial score (nSPS) is 16.2. The van der Waals surface area contributed by atoms with E-state index in [0.29, 0.717) is 5.56 Å². The molecule has 0 saturated heterocycles. The van der Waals surface area contributed by atoms with Crippen LogP contribution in [-0.2, 0) is 4.58 Å². The lowest BCUT2D eigenvalue weighted by atomic mass is 10.0. The highest BCUT2D eigenvalue weighted by Crippen LogP contribution is 2.46. The minimum Gasteiger partial charge on any atom is -0.237 e. The van der Waals surface area contributed by atoms with Crippen molar-refractivity contribution in [3.8, 4) is 0 Å². The third kappa shape index (κ3) is 2.55. The molecule has 0 aliphatic carbocycles. The molecule has 0 spiro atoms. The maximum atomic E-state index is 14.4. The van der Waals surface area contributed by atoms with Gasteiger partial charge in [-0.2, -0.15) is 0 Å². The molecular formula is C14H11BrF2. The van der Waals surface area contributed by atoms with Crippen molar-refractivity contribution in [2.45, 2.75) is 10.7 Å². The molecule has 2 rings (SSSR count). The summed E-state index contributed by atoms with van der Waals surface area (Å²) in [4.78, 5) is 0. The van der Waals surface area contributed by atoms with Gasteiger partial charge >= 0.3 is 0 Å². The molecule has 2 aromatic rings. The minimum atomic E-state index is -2.20. The molecule has 88 valence electrons. The van der Waals surface area contributed by atoms with Crippen LogP contribution in [0.5, 0.6) is 0 Å². The summed E-state index contributed by atoms with van der Waals surface area (Å²) >= 11 is 2.85. The van der Waals surface area contributed by atoms with Crippen LogP contribution in [0.4, 0.5) is 8.78 Å². The number of halogens is 3. The van der Waals surface area contributed by atoms with Crippen LogP contribution in [0.3, 0.4) is 0 Å². The smallest absolute Gasteiger partial charge is 0.225 e. The van der Waals surface area contributed by atoms with E-state index in [1.807, 2.05) is 0 Å². The lowest BCUT2D eigenvalue weighted by Crippen LogP contribution is -2.18. The Hall–Kier alpha value is -1.22. The Morgan fingerprint density at radius 3 is 1.88 bits per heavy atom. The molecule has 3 heteroatoms. The first-order chi connectivity index (χ1) is 8.12.